The van der Waals surface area contributed by atoms with Crippen molar-refractivity contribution in [2.24, 2.45) is 0 Å². The molecule has 2 rings (SSSR count). The third kappa shape index (κ3) is 4.31. The summed E-state index contributed by atoms with van der Waals surface area (Å²) in [5, 5.41) is 3.41. The van der Waals surface area contributed by atoms with Crippen molar-refractivity contribution in [3.8, 4) is 0 Å². The predicted octanol–water partition coefficient (Wildman–Crippen LogP) is 1.65. The Morgan fingerprint density at radius 3 is 3.22 bits per heavy atom. The first kappa shape index (κ1) is 13.9. The van der Waals surface area contributed by atoms with Gasteiger partial charge in [0, 0.05) is 26.2 Å². The Balaban J connectivity index is 1.72. The molecule has 1 aliphatic rings. The second-order valence-corrected chi connectivity index (χ2v) is 5.28. The normalized spacial score (nSPS) is 21.1. The minimum atomic E-state index is 0.297. The van der Waals surface area contributed by atoms with Crippen molar-refractivity contribution in [1.29, 1.82) is 0 Å². The minimum Gasteiger partial charge on any atom is -0.374 e. The summed E-state index contributed by atoms with van der Waals surface area (Å²) in [4.78, 5) is 6.81. The van der Waals surface area contributed by atoms with E-state index in [0.717, 1.165) is 49.6 Å². The number of ether oxygens (including phenoxy) is 1. The quantitative estimate of drug-likeness (QED) is 0.839. The van der Waals surface area contributed by atoms with Gasteiger partial charge in [0.1, 0.15) is 4.60 Å². The maximum atomic E-state index is 5.74. The number of nitrogens with zero attached hydrogens (tertiary/aromatic N) is 2. The number of hydrogen-bond donors (Lipinski definition) is 1. The molecule has 0 spiro atoms. The summed E-state index contributed by atoms with van der Waals surface area (Å²) in [6, 6.07) is 5.97. The van der Waals surface area contributed by atoms with Crippen molar-refractivity contribution < 1.29 is 4.74 Å². The van der Waals surface area contributed by atoms with Crippen LogP contribution in [-0.2, 0) is 11.3 Å². The fourth-order valence-electron chi connectivity index (χ4n) is 2.10. The molecule has 1 fully saturated rings. The monoisotopic (exact) mass is 313 g/mol. The average Bonchev–Trinajstić information content (AvgIpc) is 2.39. The molecule has 1 aromatic heterocycles. The zero-order chi connectivity index (χ0) is 12.8. The summed E-state index contributed by atoms with van der Waals surface area (Å²) in [6.07, 6.45) is 0.297. The Morgan fingerprint density at radius 1 is 1.56 bits per heavy atom. The maximum Gasteiger partial charge on any atom is 0.106 e. The number of aromatic nitrogens is 1. The van der Waals surface area contributed by atoms with Crippen LogP contribution in [0.15, 0.2) is 22.8 Å². The van der Waals surface area contributed by atoms with E-state index in [4.69, 9.17) is 4.74 Å². The first-order valence-corrected chi connectivity index (χ1v) is 7.23. The van der Waals surface area contributed by atoms with Crippen LogP contribution >= 0.6 is 15.9 Å². The molecule has 0 amide bonds. The Hall–Kier alpha value is -0.490. The van der Waals surface area contributed by atoms with Crippen molar-refractivity contribution in [3.63, 3.8) is 0 Å². The molecule has 0 radical (unpaired) electrons. The van der Waals surface area contributed by atoms with Crippen LogP contribution in [0.1, 0.15) is 12.6 Å². The van der Waals surface area contributed by atoms with Crippen molar-refractivity contribution in [2.45, 2.75) is 19.6 Å². The lowest BCUT2D eigenvalue weighted by atomic mass is 10.2. The highest BCUT2D eigenvalue weighted by molar-refractivity contribution is 9.10. The molecule has 0 aliphatic carbocycles. The van der Waals surface area contributed by atoms with Gasteiger partial charge >= 0.3 is 0 Å². The molecular weight excluding hydrogens is 294 g/mol. The van der Waals surface area contributed by atoms with Gasteiger partial charge in [0.05, 0.1) is 18.4 Å². The zero-order valence-electron chi connectivity index (χ0n) is 10.7. The molecule has 0 bridgehead atoms. The number of rotatable bonds is 5. The predicted molar refractivity (Wildman–Crippen MR) is 75.5 cm³/mol. The Bertz CT molecular complexity index is 375. The van der Waals surface area contributed by atoms with Gasteiger partial charge < -0.3 is 10.1 Å². The van der Waals surface area contributed by atoms with E-state index in [1.807, 2.05) is 18.2 Å². The second kappa shape index (κ2) is 7.19. The van der Waals surface area contributed by atoms with Gasteiger partial charge in [-0.05, 0) is 34.6 Å². The molecule has 1 aliphatic heterocycles. The molecule has 1 atom stereocenters. The maximum absolute atomic E-state index is 5.74. The lowest BCUT2D eigenvalue weighted by Gasteiger charge is -2.32. The second-order valence-electron chi connectivity index (χ2n) is 4.47. The van der Waals surface area contributed by atoms with E-state index in [2.05, 4.69) is 38.1 Å². The third-order valence-electron chi connectivity index (χ3n) is 3.12. The fraction of sp³-hybridized carbons (Fsp3) is 0.615. The van der Waals surface area contributed by atoms with Crippen LogP contribution in [0.4, 0.5) is 0 Å². The van der Waals surface area contributed by atoms with Crippen molar-refractivity contribution in [2.75, 3.05) is 32.8 Å². The van der Waals surface area contributed by atoms with Crippen molar-refractivity contribution >= 4 is 15.9 Å². The van der Waals surface area contributed by atoms with Crippen LogP contribution in [0, 0.1) is 0 Å². The van der Waals surface area contributed by atoms with E-state index in [1.54, 1.807) is 0 Å². The van der Waals surface area contributed by atoms with E-state index in [1.165, 1.54) is 0 Å². The van der Waals surface area contributed by atoms with Gasteiger partial charge in [-0.3, -0.25) is 4.90 Å². The highest BCUT2D eigenvalue weighted by atomic mass is 79.9. The van der Waals surface area contributed by atoms with Crippen molar-refractivity contribution in [1.82, 2.24) is 15.2 Å². The molecule has 100 valence electrons. The number of hydrogen-bond acceptors (Lipinski definition) is 4. The van der Waals surface area contributed by atoms with Gasteiger partial charge in [-0.25, -0.2) is 4.98 Å². The topological polar surface area (TPSA) is 37.4 Å². The molecule has 18 heavy (non-hydrogen) atoms. The van der Waals surface area contributed by atoms with E-state index in [-0.39, 0.29) is 0 Å². The molecule has 1 saturated heterocycles. The molecule has 0 aromatic carbocycles. The van der Waals surface area contributed by atoms with Crippen LogP contribution in [-0.4, -0.2) is 48.8 Å². The molecule has 1 aromatic rings. The first-order chi connectivity index (χ1) is 8.78. The molecule has 1 unspecified atom stereocenters. The summed E-state index contributed by atoms with van der Waals surface area (Å²) in [7, 11) is 0. The molecule has 0 saturated carbocycles. The van der Waals surface area contributed by atoms with Crippen molar-refractivity contribution in [3.05, 3.63) is 28.5 Å². The SMILES string of the molecule is CCN1CCOC(CNCc2cccc(Br)n2)C1. The summed E-state index contributed by atoms with van der Waals surface area (Å²) in [5.41, 5.74) is 1.05. The van der Waals surface area contributed by atoms with Crippen LogP contribution in [0.3, 0.4) is 0 Å². The van der Waals surface area contributed by atoms with Crippen LogP contribution in [0.5, 0.6) is 0 Å². The highest BCUT2D eigenvalue weighted by Crippen LogP contribution is 2.07. The fourth-order valence-corrected chi connectivity index (χ4v) is 2.48. The first-order valence-electron chi connectivity index (χ1n) is 6.44. The summed E-state index contributed by atoms with van der Waals surface area (Å²) < 4.78 is 6.62. The number of morpholine rings is 1. The molecular formula is C13H20BrN3O. The number of nitrogens with one attached hydrogen (secondary N) is 1. The van der Waals surface area contributed by atoms with Gasteiger partial charge in [-0.15, -0.1) is 0 Å². The standard InChI is InChI=1S/C13H20BrN3O/c1-2-17-6-7-18-12(10-17)9-15-8-11-4-3-5-13(14)16-11/h3-5,12,15H,2,6-10H2,1H3. The summed E-state index contributed by atoms with van der Waals surface area (Å²) in [6.45, 7) is 7.88. The van der Waals surface area contributed by atoms with Crippen LogP contribution in [0.2, 0.25) is 0 Å². The van der Waals surface area contributed by atoms with Gasteiger partial charge in [-0.2, -0.15) is 0 Å². The lowest BCUT2D eigenvalue weighted by molar-refractivity contribution is -0.0254. The largest absolute Gasteiger partial charge is 0.374 e. The Kier molecular flexibility index (Phi) is 5.56. The van der Waals surface area contributed by atoms with Gasteiger partial charge in [0.15, 0.2) is 0 Å². The summed E-state index contributed by atoms with van der Waals surface area (Å²) in [5.74, 6) is 0. The van der Waals surface area contributed by atoms with Crippen LogP contribution < -0.4 is 5.32 Å². The van der Waals surface area contributed by atoms with E-state index in [9.17, 15) is 0 Å². The lowest BCUT2D eigenvalue weighted by Crippen LogP contribution is -2.46. The summed E-state index contributed by atoms with van der Waals surface area (Å²) >= 11 is 3.38. The van der Waals surface area contributed by atoms with E-state index >= 15 is 0 Å². The minimum absolute atomic E-state index is 0.297. The van der Waals surface area contributed by atoms with E-state index < -0.39 is 0 Å². The average molecular weight is 314 g/mol. The molecule has 5 heteroatoms. The Labute approximate surface area is 117 Å². The molecule has 4 nitrogen and oxygen atoms in total. The number of halogens is 1. The van der Waals surface area contributed by atoms with Gasteiger partial charge in [-0.1, -0.05) is 13.0 Å². The third-order valence-corrected chi connectivity index (χ3v) is 3.56. The number of likely N-dealkylation sites (N-methyl/N-ethyl adjacent to an activating group) is 1. The smallest absolute Gasteiger partial charge is 0.106 e. The zero-order valence-corrected chi connectivity index (χ0v) is 12.3. The van der Waals surface area contributed by atoms with E-state index in [0.29, 0.717) is 6.10 Å². The van der Waals surface area contributed by atoms with Gasteiger partial charge in [0.25, 0.3) is 0 Å². The molecule has 1 N–H and O–H groups in total. The molecule has 2 heterocycles. The Morgan fingerprint density at radius 2 is 2.44 bits per heavy atom. The number of pyridine rings is 1. The van der Waals surface area contributed by atoms with Crippen LogP contribution in [0.25, 0.3) is 0 Å². The highest BCUT2D eigenvalue weighted by Gasteiger charge is 2.18. The van der Waals surface area contributed by atoms with Gasteiger partial charge in [0.2, 0.25) is 0 Å².